The van der Waals surface area contributed by atoms with Crippen molar-refractivity contribution in [2.45, 2.75) is 59.2 Å². The molecule has 0 bridgehead atoms. The molecule has 1 N–H and O–H groups in total. The van der Waals surface area contributed by atoms with Crippen molar-refractivity contribution in [3.05, 3.63) is 77.4 Å². The first-order valence-electron chi connectivity index (χ1n) is 12.3. The SMILES string of the molecule is CC[C@@H](C)NC(=O)[C@@H](CC)N(Cc1ccccc1C)C(=O)CN1C(=O)c2cccc3cccc1c23. The third-order valence-electron chi connectivity index (χ3n) is 6.93. The molecule has 0 saturated carbocycles. The van der Waals surface area contributed by atoms with E-state index in [-0.39, 0.29) is 30.3 Å². The van der Waals surface area contributed by atoms with E-state index in [1.54, 1.807) is 15.9 Å². The summed E-state index contributed by atoms with van der Waals surface area (Å²) >= 11 is 0. The van der Waals surface area contributed by atoms with Crippen LogP contribution in [0.25, 0.3) is 10.8 Å². The van der Waals surface area contributed by atoms with E-state index in [1.807, 2.05) is 82.3 Å². The fourth-order valence-corrected chi connectivity index (χ4v) is 4.69. The first-order valence-corrected chi connectivity index (χ1v) is 12.3. The van der Waals surface area contributed by atoms with Crippen molar-refractivity contribution >= 4 is 34.2 Å². The predicted molar refractivity (Wildman–Crippen MR) is 139 cm³/mol. The number of anilines is 1. The molecule has 0 unspecified atom stereocenters. The van der Waals surface area contributed by atoms with Crippen LogP contribution in [-0.4, -0.2) is 41.2 Å². The summed E-state index contributed by atoms with van der Waals surface area (Å²) in [5.74, 6) is -0.599. The lowest BCUT2D eigenvalue weighted by Gasteiger charge is -2.33. The van der Waals surface area contributed by atoms with Gasteiger partial charge in [0, 0.05) is 23.5 Å². The molecule has 6 heteroatoms. The second-order valence-electron chi connectivity index (χ2n) is 9.26. The molecule has 4 rings (SSSR count). The van der Waals surface area contributed by atoms with E-state index in [1.165, 1.54) is 0 Å². The Kier molecular flexibility index (Phi) is 7.20. The summed E-state index contributed by atoms with van der Waals surface area (Å²) in [6.45, 7) is 8.07. The number of rotatable bonds is 9. The predicted octanol–water partition coefficient (Wildman–Crippen LogP) is 4.83. The van der Waals surface area contributed by atoms with E-state index in [4.69, 9.17) is 0 Å². The third-order valence-corrected chi connectivity index (χ3v) is 6.93. The Balaban J connectivity index is 1.66. The minimum atomic E-state index is -0.632. The molecule has 0 aliphatic carbocycles. The summed E-state index contributed by atoms with van der Waals surface area (Å²) in [5, 5.41) is 4.88. The smallest absolute Gasteiger partial charge is 0.259 e. The molecule has 6 nitrogen and oxygen atoms in total. The van der Waals surface area contributed by atoms with Crippen molar-refractivity contribution in [1.82, 2.24) is 10.2 Å². The van der Waals surface area contributed by atoms with Gasteiger partial charge >= 0.3 is 0 Å². The Morgan fingerprint density at radius 1 is 0.971 bits per heavy atom. The molecule has 1 heterocycles. The highest BCUT2D eigenvalue weighted by Gasteiger charge is 2.35. The Bertz CT molecular complexity index is 1260. The molecular formula is C29H33N3O3. The van der Waals surface area contributed by atoms with E-state index in [0.717, 1.165) is 34.0 Å². The van der Waals surface area contributed by atoms with Gasteiger partial charge in [-0.2, -0.15) is 0 Å². The molecule has 1 aliphatic heterocycles. The fraction of sp³-hybridized carbons (Fsp3) is 0.345. The molecular weight excluding hydrogens is 438 g/mol. The van der Waals surface area contributed by atoms with Crippen LogP contribution >= 0.6 is 0 Å². The highest BCUT2D eigenvalue weighted by Crippen LogP contribution is 2.37. The van der Waals surface area contributed by atoms with Crippen molar-refractivity contribution in [2.75, 3.05) is 11.4 Å². The van der Waals surface area contributed by atoms with Gasteiger partial charge in [-0.1, -0.05) is 62.4 Å². The quantitative estimate of drug-likeness (QED) is 0.486. The number of amides is 3. The zero-order valence-electron chi connectivity index (χ0n) is 20.9. The molecule has 3 aromatic rings. The van der Waals surface area contributed by atoms with Crippen molar-refractivity contribution in [1.29, 1.82) is 0 Å². The fourth-order valence-electron chi connectivity index (χ4n) is 4.69. The van der Waals surface area contributed by atoms with E-state index < -0.39 is 6.04 Å². The van der Waals surface area contributed by atoms with Crippen molar-refractivity contribution in [3.8, 4) is 0 Å². The number of nitrogens with zero attached hydrogens (tertiary/aromatic N) is 2. The normalized spacial score (nSPS) is 14.2. The number of carbonyl (C=O) groups excluding carboxylic acids is 3. The summed E-state index contributed by atoms with van der Waals surface area (Å²) in [5.41, 5.74) is 3.38. The first-order chi connectivity index (χ1) is 16.8. The number of hydrogen-bond acceptors (Lipinski definition) is 3. The summed E-state index contributed by atoms with van der Waals surface area (Å²) in [6, 6.07) is 18.6. The van der Waals surface area contributed by atoms with Gasteiger partial charge in [-0.3, -0.25) is 19.3 Å². The summed E-state index contributed by atoms with van der Waals surface area (Å²) in [6.07, 6.45) is 1.28. The second kappa shape index (κ2) is 10.3. The zero-order valence-corrected chi connectivity index (χ0v) is 20.9. The highest BCUT2D eigenvalue weighted by atomic mass is 16.2. The molecule has 0 fully saturated rings. The number of benzene rings is 3. The summed E-state index contributed by atoms with van der Waals surface area (Å²) in [4.78, 5) is 43.5. The maximum absolute atomic E-state index is 13.8. The van der Waals surface area contributed by atoms with Crippen LogP contribution in [0.2, 0.25) is 0 Å². The molecule has 0 saturated heterocycles. The standard InChI is InChI=1S/C29H33N3O3/c1-5-20(4)30-28(34)24(6-2)31(17-22-12-8-7-11-19(22)3)26(33)18-32-25-16-10-14-21-13-9-15-23(27(21)25)29(32)35/h7-16,20,24H,5-6,17-18H2,1-4H3,(H,30,34)/t20-,24-/m1/s1. The van der Waals surface area contributed by atoms with Crippen LogP contribution < -0.4 is 10.2 Å². The van der Waals surface area contributed by atoms with Crippen LogP contribution in [-0.2, 0) is 16.1 Å². The van der Waals surface area contributed by atoms with Gasteiger partial charge in [0.1, 0.15) is 12.6 Å². The van der Waals surface area contributed by atoms with Gasteiger partial charge in [0.15, 0.2) is 0 Å². The van der Waals surface area contributed by atoms with Gasteiger partial charge in [0.2, 0.25) is 11.8 Å². The van der Waals surface area contributed by atoms with Gasteiger partial charge in [-0.25, -0.2) is 0 Å². The molecule has 2 atom stereocenters. The minimum absolute atomic E-state index is 0.0132. The van der Waals surface area contributed by atoms with Gasteiger partial charge in [0.25, 0.3) is 5.91 Å². The zero-order chi connectivity index (χ0) is 25.1. The van der Waals surface area contributed by atoms with Crippen molar-refractivity contribution in [3.63, 3.8) is 0 Å². The monoisotopic (exact) mass is 471 g/mol. The Morgan fingerprint density at radius 2 is 1.69 bits per heavy atom. The average molecular weight is 472 g/mol. The Labute approximate surface area is 206 Å². The van der Waals surface area contributed by atoms with E-state index in [0.29, 0.717) is 18.5 Å². The van der Waals surface area contributed by atoms with Crippen LogP contribution in [0.5, 0.6) is 0 Å². The van der Waals surface area contributed by atoms with Crippen LogP contribution in [0.3, 0.4) is 0 Å². The number of nitrogens with one attached hydrogen (secondary N) is 1. The maximum Gasteiger partial charge on any atom is 0.259 e. The van der Waals surface area contributed by atoms with Crippen LogP contribution in [0.1, 0.15) is 55.1 Å². The summed E-state index contributed by atoms with van der Waals surface area (Å²) < 4.78 is 0. The highest BCUT2D eigenvalue weighted by molar-refractivity contribution is 6.26. The Morgan fingerprint density at radius 3 is 2.37 bits per heavy atom. The van der Waals surface area contributed by atoms with E-state index in [9.17, 15) is 14.4 Å². The molecule has 182 valence electrons. The lowest BCUT2D eigenvalue weighted by Crippen LogP contribution is -2.53. The largest absolute Gasteiger partial charge is 0.352 e. The molecule has 0 aromatic heterocycles. The maximum atomic E-state index is 13.8. The van der Waals surface area contributed by atoms with Gasteiger partial charge in [-0.15, -0.1) is 0 Å². The Hall–Kier alpha value is -3.67. The van der Waals surface area contributed by atoms with Crippen LogP contribution in [0.4, 0.5) is 5.69 Å². The molecule has 35 heavy (non-hydrogen) atoms. The minimum Gasteiger partial charge on any atom is -0.352 e. The lowest BCUT2D eigenvalue weighted by molar-refractivity contribution is -0.140. The molecule has 0 spiro atoms. The average Bonchev–Trinajstić information content (AvgIpc) is 3.12. The van der Waals surface area contributed by atoms with Gasteiger partial charge in [0.05, 0.1) is 5.69 Å². The summed E-state index contributed by atoms with van der Waals surface area (Å²) in [7, 11) is 0. The molecule has 0 radical (unpaired) electrons. The molecule has 1 aliphatic rings. The van der Waals surface area contributed by atoms with E-state index >= 15 is 0 Å². The molecule has 3 amide bonds. The van der Waals surface area contributed by atoms with Crippen molar-refractivity contribution in [2.24, 2.45) is 0 Å². The van der Waals surface area contributed by atoms with Gasteiger partial charge in [-0.05, 0) is 55.3 Å². The number of carbonyl (C=O) groups is 3. The third kappa shape index (κ3) is 4.78. The van der Waals surface area contributed by atoms with Crippen LogP contribution in [0.15, 0.2) is 60.7 Å². The van der Waals surface area contributed by atoms with E-state index in [2.05, 4.69) is 5.32 Å². The second-order valence-corrected chi connectivity index (χ2v) is 9.26. The topological polar surface area (TPSA) is 69.7 Å². The lowest BCUT2D eigenvalue weighted by atomic mass is 10.1. The van der Waals surface area contributed by atoms with Crippen LogP contribution in [0, 0.1) is 6.92 Å². The number of aryl methyl sites for hydroxylation is 1. The van der Waals surface area contributed by atoms with Crippen molar-refractivity contribution < 1.29 is 14.4 Å². The molecule has 3 aromatic carbocycles. The van der Waals surface area contributed by atoms with Gasteiger partial charge < -0.3 is 10.2 Å². The first kappa shape index (κ1) is 24.5. The number of hydrogen-bond donors (Lipinski definition) is 1.